The maximum absolute atomic E-state index is 11.4. The van der Waals surface area contributed by atoms with Crippen LogP contribution in [0.5, 0.6) is 0 Å². The first-order valence-electron chi connectivity index (χ1n) is 19.4. The molecule has 1 amide bonds. The number of aliphatic carboxylic acids is 1. The second-order valence-electron chi connectivity index (χ2n) is 12.0. The number of amides is 1. The molecule has 2 N–H and O–H groups in total. The van der Waals surface area contributed by atoms with E-state index in [4.69, 9.17) is 47.7 Å². The van der Waals surface area contributed by atoms with E-state index in [1.807, 2.05) is 0 Å². The van der Waals surface area contributed by atoms with Crippen LogP contribution >= 0.6 is 0 Å². The molecule has 0 aromatic carbocycles. The monoisotopic (exact) mass is 740 g/mol. The van der Waals surface area contributed by atoms with Gasteiger partial charge in [0.05, 0.1) is 112 Å². The summed E-state index contributed by atoms with van der Waals surface area (Å²) in [7, 11) is 0. The summed E-state index contributed by atoms with van der Waals surface area (Å²) < 4.78 is 54.1. The molecule has 14 heteroatoms. The Labute approximate surface area is 308 Å². The van der Waals surface area contributed by atoms with Crippen LogP contribution in [-0.4, -0.2) is 156 Å². The van der Waals surface area contributed by atoms with Crippen molar-refractivity contribution < 1.29 is 62.1 Å². The predicted molar refractivity (Wildman–Crippen MR) is 195 cm³/mol. The zero-order chi connectivity index (χ0) is 37.0. The van der Waals surface area contributed by atoms with Crippen molar-refractivity contribution >= 4 is 11.9 Å². The van der Waals surface area contributed by atoms with Crippen molar-refractivity contribution in [1.29, 1.82) is 0 Å². The van der Waals surface area contributed by atoms with Crippen LogP contribution in [0.4, 0.5) is 0 Å². The molecule has 0 unspecified atom stereocenters. The van der Waals surface area contributed by atoms with Crippen LogP contribution in [0.3, 0.4) is 0 Å². The summed E-state index contributed by atoms with van der Waals surface area (Å²) in [6.07, 6.45) is 17.7. The van der Waals surface area contributed by atoms with Gasteiger partial charge in [-0.3, -0.25) is 4.79 Å². The van der Waals surface area contributed by atoms with Crippen LogP contribution in [0.2, 0.25) is 0 Å². The van der Waals surface area contributed by atoms with Crippen molar-refractivity contribution in [2.45, 2.75) is 90.4 Å². The summed E-state index contributed by atoms with van der Waals surface area (Å²) >= 11 is 0. The molecular formula is C37H73NO13. The standard InChI is InChI=1S/C37H73NO13/c1-2-3-4-5-6-7-8-9-10-11-12-13-14-16-42-18-20-44-22-24-46-26-28-48-30-32-50-33-31-49-29-27-47-25-23-45-21-19-43-17-15-38-36(39)34-51-35-37(40)41/h2-35H2,1H3,(H,38,39)(H,40,41). The lowest BCUT2D eigenvalue weighted by atomic mass is 10.0. The van der Waals surface area contributed by atoms with Gasteiger partial charge in [-0.1, -0.05) is 84.0 Å². The van der Waals surface area contributed by atoms with E-state index in [9.17, 15) is 9.59 Å². The molecule has 14 nitrogen and oxygen atoms in total. The fourth-order valence-electron chi connectivity index (χ4n) is 4.63. The van der Waals surface area contributed by atoms with E-state index in [-0.39, 0.29) is 6.61 Å². The van der Waals surface area contributed by atoms with Crippen LogP contribution in [0.25, 0.3) is 0 Å². The number of hydrogen-bond acceptors (Lipinski definition) is 12. The van der Waals surface area contributed by atoms with Crippen molar-refractivity contribution in [3.63, 3.8) is 0 Å². The summed E-state index contributed by atoms with van der Waals surface area (Å²) in [6.45, 7) is 10.9. The molecule has 0 spiro atoms. The van der Waals surface area contributed by atoms with Gasteiger partial charge in [-0.2, -0.15) is 0 Å². The molecule has 51 heavy (non-hydrogen) atoms. The third-order valence-electron chi connectivity index (χ3n) is 7.40. The molecule has 0 aliphatic carbocycles. The average Bonchev–Trinajstić information content (AvgIpc) is 3.12. The second kappa shape index (κ2) is 44.7. The van der Waals surface area contributed by atoms with E-state index >= 15 is 0 Å². The van der Waals surface area contributed by atoms with Crippen LogP contribution < -0.4 is 5.32 Å². The number of hydrogen-bond donors (Lipinski definition) is 2. The Morgan fingerprint density at radius 3 is 1.00 bits per heavy atom. The van der Waals surface area contributed by atoms with Gasteiger partial charge in [0.15, 0.2) is 0 Å². The Balaban J connectivity index is 3.08. The molecule has 0 atom stereocenters. The van der Waals surface area contributed by atoms with Gasteiger partial charge in [0.25, 0.3) is 0 Å². The molecular weight excluding hydrogens is 666 g/mol. The lowest BCUT2D eigenvalue weighted by Gasteiger charge is -2.09. The highest BCUT2D eigenvalue weighted by atomic mass is 16.6. The van der Waals surface area contributed by atoms with Gasteiger partial charge in [-0.05, 0) is 6.42 Å². The van der Waals surface area contributed by atoms with Crippen molar-refractivity contribution in [3.8, 4) is 0 Å². The highest BCUT2D eigenvalue weighted by Crippen LogP contribution is 2.12. The van der Waals surface area contributed by atoms with Gasteiger partial charge >= 0.3 is 5.97 Å². The van der Waals surface area contributed by atoms with Crippen LogP contribution in [0, 0.1) is 0 Å². The summed E-state index contributed by atoms with van der Waals surface area (Å²) in [5.41, 5.74) is 0. The summed E-state index contributed by atoms with van der Waals surface area (Å²) in [6, 6.07) is 0. The van der Waals surface area contributed by atoms with E-state index in [0.717, 1.165) is 13.0 Å². The average molecular weight is 740 g/mol. The lowest BCUT2D eigenvalue weighted by Crippen LogP contribution is -2.31. The summed E-state index contributed by atoms with van der Waals surface area (Å²) in [5.74, 6) is -1.51. The zero-order valence-electron chi connectivity index (χ0n) is 31.9. The van der Waals surface area contributed by atoms with Gasteiger partial charge in [0.2, 0.25) is 5.91 Å². The molecule has 0 heterocycles. The number of rotatable bonds is 45. The topological polar surface area (TPSA) is 159 Å². The number of nitrogens with one attached hydrogen (secondary N) is 1. The Kier molecular flexibility index (Phi) is 43.4. The van der Waals surface area contributed by atoms with E-state index < -0.39 is 18.5 Å². The smallest absolute Gasteiger partial charge is 0.329 e. The third kappa shape index (κ3) is 46.5. The normalized spacial score (nSPS) is 11.4. The predicted octanol–water partition coefficient (Wildman–Crippen LogP) is 4.44. The fourth-order valence-corrected chi connectivity index (χ4v) is 4.63. The molecule has 0 aromatic rings. The molecule has 0 saturated carbocycles. The minimum Gasteiger partial charge on any atom is -0.480 e. The Morgan fingerprint density at radius 1 is 0.373 bits per heavy atom. The molecule has 0 aliphatic heterocycles. The largest absolute Gasteiger partial charge is 0.480 e. The number of carboxylic acid groups (broad SMARTS) is 1. The molecule has 0 bridgehead atoms. The number of carbonyl (C=O) groups is 2. The third-order valence-corrected chi connectivity index (χ3v) is 7.40. The maximum Gasteiger partial charge on any atom is 0.329 e. The number of ether oxygens (including phenoxy) is 10. The maximum atomic E-state index is 11.4. The van der Waals surface area contributed by atoms with Crippen molar-refractivity contribution in [2.75, 3.05) is 139 Å². The Bertz CT molecular complexity index is 705. The lowest BCUT2D eigenvalue weighted by molar-refractivity contribution is -0.143. The minimum atomic E-state index is -1.12. The van der Waals surface area contributed by atoms with Gasteiger partial charge in [-0.25, -0.2) is 4.79 Å². The molecule has 0 aromatic heterocycles. The number of unbranched alkanes of at least 4 members (excludes halogenated alkanes) is 12. The molecule has 0 aliphatic rings. The first-order chi connectivity index (χ1) is 25.2. The first-order valence-corrected chi connectivity index (χ1v) is 19.4. The van der Waals surface area contributed by atoms with E-state index in [0.29, 0.717) is 119 Å². The van der Waals surface area contributed by atoms with E-state index in [1.165, 1.54) is 77.0 Å². The summed E-state index contributed by atoms with van der Waals surface area (Å²) in [5, 5.41) is 11.0. The van der Waals surface area contributed by atoms with Crippen molar-refractivity contribution in [2.24, 2.45) is 0 Å². The molecule has 0 saturated heterocycles. The Hall–Kier alpha value is -1.46. The zero-order valence-corrected chi connectivity index (χ0v) is 31.9. The van der Waals surface area contributed by atoms with E-state index in [1.54, 1.807) is 0 Å². The van der Waals surface area contributed by atoms with Crippen LogP contribution in [0.15, 0.2) is 0 Å². The highest BCUT2D eigenvalue weighted by Gasteiger charge is 2.03. The van der Waals surface area contributed by atoms with Gasteiger partial charge in [0.1, 0.15) is 13.2 Å². The number of carbonyl (C=O) groups excluding carboxylic acids is 1. The minimum absolute atomic E-state index is 0.297. The second-order valence-corrected chi connectivity index (χ2v) is 12.0. The number of carboxylic acids is 1. The summed E-state index contributed by atoms with van der Waals surface area (Å²) in [4.78, 5) is 21.7. The first kappa shape index (κ1) is 49.5. The van der Waals surface area contributed by atoms with Gasteiger partial charge < -0.3 is 57.8 Å². The quantitative estimate of drug-likeness (QED) is 0.0846. The van der Waals surface area contributed by atoms with Crippen molar-refractivity contribution in [1.82, 2.24) is 5.32 Å². The molecule has 0 radical (unpaired) electrons. The Morgan fingerprint density at radius 2 is 0.667 bits per heavy atom. The van der Waals surface area contributed by atoms with Crippen LogP contribution in [0.1, 0.15) is 90.4 Å². The SMILES string of the molecule is CCCCCCCCCCCCCCCOCCOCCOCCOCCOCCOCCOCCOCCOCCNC(=O)COCC(=O)O. The van der Waals surface area contributed by atoms with Crippen LogP contribution in [-0.2, 0) is 57.0 Å². The molecule has 304 valence electrons. The highest BCUT2D eigenvalue weighted by molar-refractivity contribution is 5.77. The van der Waals surface area contributed by atoms with Gasteiger partial charge in [-0.15, -0.1) is 0 Å². The van der Waals surface area contributed by atoms with Crippen molar-refractivity contribution in [3.05, 3.63) is 0 Å². The molecule has 0 fully saturated rings. The fraction of sp³-hybridized carbons (Fsp3) is 0.946. The van der Waals surface area contributed by atoms with Gasteiger partial charge in [0, 0.05) is 13.2 Å². The molecule has 0 rings (SSSR count). The van der Waals surface area contributed by atoms with E-state index in [2.05, 4.69) is 17.0 Å².